The predicted molar refractivity (Wildman–Crippen MR) is 117 cm³/mol. The van der Waals surface area contributed by atoms with E-state index in [1.54, 1.807) is 44.2 Å². The number of hydrogen-bond donors (Lipinski definition) is 2. The van der Waals surface area contributed by atoms with Gasteiger partial charge >= 0.3 is 5.97 Å². The zero-order valence-electron chi connectivity index (χ0n) is 18.3. The summed E-state index contributed by atoms with van der Waals surface area (Å²) in [4.78, 5) is 26.2. The van der Waals surface area contributed by atoms with Crippen LogP contribution in [0.2, 0.25) is 0 Å². The van der Waals surface area contributed by atoms with Crippen LogP contribution in [-0.2, 0) is 11.3 Å². The van der Waals surface area contributed by atoms with Crippen molar-refractivity contribution in [3.63, 3.8) is 0 Å². The van der Waals surface area contributed by atoms with Gasteiger partial charge in [0.05, 0.1) is 36.2 Å². The number of hydrogen-bond acceptors (Lipinski definition) is 6. The van der Waals surface area contributed by atoms with Crippen molar-refractivity contribution in [3.8, 4) is 17.2 Å². The van der Waals surface area contributed by atoms with Crippen LogP contribution in [-0.4, -0.2) is 30.8 Å². The Hall–Kier alpha value is -3.32. The number of aryl methyl sites for hydroxylation is 1. The lowest BCUT2D eigenvalue weighted by molar-refractivity contribution is -0.910. The van der Waals surface area contributed by atoms with Crippen LogP contribution in [0, 0.1) is 6.92 Å². The van der Waals surface area contributed by atoms with E-state index >= 15 is 0 Å². The summed E-state index contributed by atoms with van der Waals surface area (Å²) in [6, 6.07) is 9.42. The number of benzene rings is 2. The molecule has 3 rings (SSSR count). The summed E-state index contributed by atoms with van der Waals surface area (Å²) >= 11 is 0. The molecule has 2 aromatic carbocycles. The quantitative estimate of drug-likeness (QED) is 0.538. The molecule has 3 aromatic rings. The molecule has 0 aliphatic carbocycles. The standard InChI is InChI=1S/C24H27NO6/c1-5-25(6-2)14-19-20(26)13-12-18-21(27)22(15(4)30-23(18)19)31-17-10-8-16(9-11-17)24(28)29-7-3/h8-13,26H,5-7,14H2,1-4H3/p+1. The number of fused-ring (bicyclic) bond motifs is 1. The van der Waals surface area contributed by atoms with Gasteiger partial charge in [0, 0.05) is 0 Å². The lowest BCUT2D eigenvalue weighted by Crippen LogP contribution is -3.10. The van der Waals surface area contributed by atoms with E-state index in [2.05, 4.69) is 13.8 Å². The lowest BCUT2D eigenvalue weighted by Gasteiger charge is -2.17. The van der Waals surface area contributed by atoms with E-state index in [-0.39, 0.29) is 16.9 Å². The number of ether oxygens (including phenoxy) is 2. The lowest BCUT2D eigenvalue weighted by atomic mass is 10.1. The molecule has 0 unspecified atom stereocenters. The highest BCUT2D eigenvalue weighted by Gasteiger charge is 2.21. The smallest absolute Gasteiger partial charge is 0.338 e. The van der Waals surface area contributed by atoms with Crippen molar-refractivity contribution < 1.29 is 28.7 Å². The number of esters is 1. The third kappa shape index (κ3) is 4.72. The number of phenols is 1. The van der Waals surface area contributed by atoms with Gasteiger partial charge in [-0.2, -0.15) is 0 Å². The minimum atomic E-state index is -0.418. The van der Waals surface area contributed by atoms with E-state index in [9.17, 15) is 14.7 Å². The van der Waals surface area contributed by atoms with Gasteiger partial charge < -0.3 is 23.9 Å². The monoisotopic (exact) mass is 426 g/mol. The second-order valence-electron chi connectivity index (χ2n) is 7.24. The van der Waals surface area contributed by atoms with Crippen LogP contribution in [0.5, 0.6) is 17.2 Å². The fourth-order valence-corrected chi connectivity index (χ4v) is 3.42. The van der Waals surface area contributed by atoms with Gasteiger partial charge in [0.1, 0.15) is 23.8 Å². The first-order valence-electron chi connectivity index (χ1n) is 10.5. The Kier molecular flexibility index (Phi) is 6.97. The largest absolute Gasteiger partial charge is 0.507 e. The molecule has 0 saturated heterocycles. The van der Waals surface area contributed by atoms with E-state index in [1.807, 2.05) is 0 Å². The molecule has 1 aromatic heterocycles. The van der Waals surface area contributed by atoms with Gasteiger partial charge in [-0.05, 0) is 64.1 Å². The van der Waals surface area contributed by atoms with Gasteiger partial charge in [-0.15, -0.1) is 0 Å². The fourth-order valence-electron chi connectivity index (χ4n) is 3.42. The van der Waals surface area contributed by atoms with Gasteiger partial charge in [0.25, 0.3) is 0 Å². The molecular formula is C24H28NO6+. The highest BCUT2D eigenvalue weighted by atomic mass is 16.5. The molecular weight excluding hydrogens is 398 g/mol. The zero-order valence-corrected chi connectivity index (χ0v) is 18.3. The van der Waals surface area contributed by atoms with Crippen LogP contribution in [0.4, 0.5) is 0 Å². The summed E-state index contributed by atoms with van der Waals surface area (Å²) < 4.78 is 16.7. The number of phenolic OH excluding ortho intramolecular Hbond substituents is 1. The summed E-state index contributed by atoms with van der Waals surface area (Å²) in [6.07, 6.45) is 0. The summed E-state index contributed by atoms with van der Waals surface area (Å²) in [5, 5.41) is 10.7. The molecule has 31 heavy (non-hydrogen) atoms. The maximum atomic E-state index is 13.2. The van der Waals surface area contributed by atoms with Crippen molar-refractivity contribution in [1.82, 2.24) is 0 Å². The molecule has 7 heteroatoms. The summed E-state index contributed by atoms with van der Waals surface area (Å²) in [6.45, 7) is 10.2. The Morgan fingerprint density at radius 1 is 1.06 bits per heavy atom. The van der Waals surface area contributed by atoms with Crippen molar-refractivity contribution >= 4 is 16.9 Å². The van der Waals surface area contributed by atoms with Crippen molar-refractivity contribution in [2.45, 2.75) is 34.2 Å². The molecule has 2 N–H and O–H groups in total. The zero-order chi connectivity index (χ0) is 22.5. The van der Waals surface area contributed by atoms with Crippen LogP contribution >= 0.6 is 0 Å². The van der Waals surface area contributed by atoms with Gasteiger partial charge in [-0.3, -0.25) is 4.79 Å². The third-order valence-corrected chi connectivity index (χ3v) is 5.27. The van der Waals surface area contributed by atoms with Gasteiger partial charge in [-0.1, -0.05) is 0 Å². The highest BCUT2D eigenvalue weighted by molar-refractivity contribution is 5.89. The van der Waals surface area contributed by atoms with Crippen LogP contribution in [0.25, 0.3) is 11.0 Å². The summed E-state index contributed by atoms with van der Waals surface area (Å²) in [7, 11) is 0. The van der Waals surface area contributed by atoms with Gasteiger partial charge in [0.15, 0.2) is 5.58 Å². The van der Waals surface area contributed by atoms with E-state index < -0.39 is 5.97 Å². The normalized spacial score (nSPS) is 11.1. The second kappa shape index (κ2) is 9.66. The Balaban J connectivity index is 1.98. The summed E-state index contributed by atoms with van der Waals surface area (Å²) in [5.74, 6) is 0.474. The first-order chi connectivity index (χ1) is 14.9. The highest BCUT2D eigenvalue weighted by Crippen LogP contribution is 2.30. The van der Waals surface area contributed by atoms with Crippen LogP contribution in [0.3, 0.4) is 0 Å². The molecule has 0 aliphatic heterocycles. The molecule has 0 bridgehead atoms. The molecule has 0 radical (unpaired) electrons. The van der Waals surface area contributed by atoms with Crippen molar-refractivity contribution in [2.24, 2.45) is 0 Å². The second-order valence-corrected chi connectivity index (χ2v) is 7.24. The SMILES string of the molecule is CCOC(=O)c1ccc(Oc2c(C)oc3c(C[NH+](CC)CC)c(O)ccc3c2=O)cc1. The van der Waals surface area contributed by atoms with Crippen LogP contribution in [0.15, 0.2) is 45.6 Å². The number of nitrogens with one attached hydrogen (secondary N) is 1. The van der Waals surface area contributed by atoms with Gasteiger partial charge in [-0.25, -0.2) is 4.79 Å². The van der Waals surface area contributed by atoms with E-state index in [1.165, 1.54) is 11.0 Å². The molecule has 164 valence electrons. The van der Waals surface area contributed by atoms with Crippen LogP contribution in [0.1, 0.15) is 42.5 Å². The fraction of sp³-hybridized carbons (Fsp3) is 0.333. The molecule has 0 atom stereocenters. The van der Waals surface area contributed by atoms with E-state index in [4.69, 9.17) is 13.9 Å². The average Bonchev–Trinajstić information content (AvgIpc) is 2.76. The number of quaternary nitrogens is 1. The maximum absolute atomic E-state index is 13.2. The Labute approximate surface area is 180 Å². The van der Waals surface area contributed by atoms with E-state index in [0.717, 1.165) is 13.1 Å². The molecule has 0 aliphatic rings. The summed E-state index contributed by atoms with van der Waals surface area (Å²) in [5.41, 5.74) is 1.08. The Morgan fingerprint density at radius 3 is 2.35 bits per heavy atom. The minimum Gasteiger partial charge on any atom is -0.507 e. The first-order valence-corrected chi connectivity index (χ1v) is 10.5. The molecule has 0 fully saturated rings. The molecule has 1 heterocycles. The molecule has 0 amide bonds. The third-order valence-electron chi connectivity index (χ3n) is 5.27. The number of rotatable bonds is 8. The molecule has 0 spiro atoms. The number of carbonyl (C=O) groups excluding carboxylic acids is 1. The van der Waals surface area contributed by atoms with Crippen molar-refractivity contribution in [1.29, 1.82) is 0 Å². The molecule has 0 saturated carbocycles. The number of carbonyl (C=O) groups is 1. The molecule has 7 nitrogen and oxygen atoms in total. The maximum Gasteiger partial charge on any atom is 0.338 e. The first kappa shape index (κ1) is 22.4. The van der Waals surface area contributed by atoms with E-state index in [0.29, 0.717) is 46.8 Å². The van der Waals surface area contributed by atoms with Gasteiger partial charge in [0.2, 0.25) is 11.2 Å². The van der Waals surface area contributed by atoms with Crippen molar-refractivity contribution in [2.75, 3.05) is 19.7 Å². The number of aromatic hydroxyl groups is 1. The predicted octanol–water partition coefficient (Wildman–Crippen LogP) is 3.20. The Morgan fingerprint density at radius 2 is 1.74 bits per heavy atom. The Bertz CT molecular complexity index is 1130. The average molecular weight is 426 g/mol. The minimum absolute atomic E-state index is 0.0724. The van der Waals surface area contributed by atoms with Crippen LogP contribution < -0.4 is 15.1 Å². The van der Waals surface area contributed by atoms with Crippen molar-refractivity contribution in [3.05, 3.63) is 63.5 Å². The topological polar surface area (TPSA) is 90.4 Å².